The molecular formula is C13H14BNO3. The molecule has 5 heteroatoms. The van der Waals surface area contributed by atoms with Crippen LogP contribution in [-0.2, 0) is 16.4 Å². The van der Waals surface area contributed by atoms with Crippen LogP contribution in [0, 0.1) is 0 Å². The molecule has 18 heavy (non-hydrogen) atoms. The molecule has 92 valence electrons. The smallest absolute Gasteiger partial charge is 0.150 e. The molecule has 1 aromatic heterocycles. The number of ether oxygens (including phenoxy) is 1. The maximum atomic E-state index is 5.99. The van der Waals surface area contributed by atoms with Crippen molar-refractivity contribution < 1.29 is 14.5 Å². The molecular weight excluding hydrogens is 229 g/mol. The Hall–Kier alpha value is -1.59. The summed E-state index contributed by atoms with van der Waals surface area (Å²) in [6.45, 7) is 2.62. The van der Waals surface area contributed by atoms with Crippen molar-refractivity contribution in [1.29, 1.82) is 0 Å². The fourth-order valence-corrected chi connectivity index (χ4v) is 1.83. The molecule has 2 aromatic rings. The monoisotopic (exact) mass is 243 g/mol. The Morgan fingerprint density at radius 1 is 1.33 bits per heavy atom. The third kappa shape index (κ3) is 2.47. The summed E-state index contributed by atoms with van der Waals surface area (Å²) in [7, 11) is 7.59. The first kappa shape index (κ1) is 12.9. The summed E-state index contributed by atoms with van der Waals surface area (Å²) in [5, 5.41) is 0.870. The molecule has 1 heterocycles. The Morgan fingerprint density at radius 3 is 2.89 bits per heavy atom. The van der Waals surface area contributed by atoms with Gasteiger partial charge in [0.1, 0.15) is 20.0 Å². The van der Waals surface area contributed by atoms with Gasteiger partial charge in [-0.1, -0.05) is 17.6 Å². The summed E-state index contributed by atoms with van der Waals surface area (Å²) in [6, 6.07) is 5.57. The zero-order chi connectivity index (χ0) is 13.0. The van der Waals surface area contributed by atoms with Crippen molar-refractivity contribution in [3.63, 3.8) is 0 Å². The summed E-state index contributed by atoms with van der Waals surface area (Å²) < 4.78 is 5.39. The lowest BCUT2D eigenvalue weighted by Gasteiger charge is -2.13. The summed E-state index contributed by atoms with van der Waals surface area (Å²) in [4.78, 5) is 14.2. The van der Waals surface area contributed by atoms with Gasteiger partial charge in [-0.3, -0.25) is 4.98 Å². The van der Waals surface area contributed by atoms with Crippen molar-refractivity contribution in [3.05, 3.63) is 30.0 Å². The minimum Gasteiger partial charge on any atom is -0.494 e. The van der Waals surface area contributed by atoms with E-state index in [2.05, 4.69) is 4.98 Å². The molecule has 2 radical (unpaired) electrons. The van der Waals surface area contributed by atoms with Crippen molar-refractivity contribution in [2.45, 2.75) is 13.5 Å². The minimum absolute atomic E-state index is 0.272. The van der Waals surface area contributed by atoms with Gasteiger partial charge in [0.2, 0.25) is 0 Å². The summed E-state index contributed by atoms with van der Waals surface area (Å²) >= 11 is 0. The van der Waals surface area contributed by atoms with Gasteiger partial charge in [0.25, 0.3) is 0 Å². The largest absolute Gasteiger partial charge is 0.494 e. The molecule has 4 nitrogen and oxygen atoms in total. The van der Waals surface area contributed by atoms with E-state index >= 15 is 0 Å². The van der Waals surface area contributed by atoms with Gasteiger partial charge in [-0.25, -0.2) is 9.78 Å². The van der Waals surface area contributed by atoms with E-state index in [4.69, 9.17) is 22.4 Å². The molecule has 2 rings (SSSR count). The molecule has 0 aliphatic rings. The first-order valence-electron chi connectivity index (χ1n) is 5.72. The van der Waals surface area contributed by atoms with E-state index in [1.807, 2.05) is 25.1 Å². The molecule has 0 bridgehead atoms. The van der Waals surface area contributed by atoms with Crippen molar-refractivity contribution in [1.82, 2.24) is 4.98 Å². The van der Waals surface area contributed by atoms with Crippen molar-refractivity contribution in [3.8, 4) is 5.75 Å². The molecule has 0 saturated carbocycles. The number of hydrogen-bond acceptors (Lipinski definition) is 4. The number of fused-ring (bicyclic) bond motifs is 1. The SMILES string of the molecule is [B]c1cc(COOCC)c(OC)c2ncccc12. The lowest BCUT2D eigenvalue weighted by atomic mass is 9.89. The maximum Gasteiger partial charge on any atom is 0.150 e. The van der Waals surface area contributed by atoms with E-state index in [9.17, 15) is 0 Å². The van der Waals surface area contributed by atoms with Gasteiger partial charge in [-0.2, -0.15) is 0 Å². The highest BCUT2D eigenvalue weighted by molar-refractivity contribution is 6.39. The van der Waals surface area contributed by atoms with Gasteiger partial charge in [0.05, 0.1) is 13.7 Å². The van der Waals surface area contributed by atoms with Crippen molar-refractivity contribution >= 4 is 24.2 Å². The highest BCUT2D eigenvalue weighted by atomic mass is 17.2. The van der Waals surface area contributed by atoms with Crippen LogP contribution in [0.1, 0.15) is 12.5 Å². The molecule has 0 N–H and O–H groups in total. The van der Waals surface area contributed by atoms with Crippen LogP contribution in [0.3, 0.4) is 0 Å². The fraction of sp³-hybridized carbons (Fsp3) is 0.308. The lowest BCUT2D eigenvalue weighted by Crippen LogP contribution is -2.09. The summed E-state index contributed by atoms with van der Waals surface area (Å²) in [6.07, 6.45) is 1.71. The Morgan fingerprint density at radius 2 is 2.17 bits per heavy atom. The van der Waals surface area contributed by atoms with Crippen LogP contribution in [0.5, 0.6) is 5.75 Å². The Bertz CT molecular complexity index is 545. The number of methoxy groups -OCH3 is 1. The van der Waals surface area contributed by atoms with Crippen LogP contribution in [-0.4, -0.2) is 26.5 Å². The first-order chi connectivity index (χ1) is 8.77. The molecule has 1 aromatic carbocycles. The summed E-state index contributed by atoms with van der Waals surface area (Å²) in [5.74, 6) is 0.666. The van der Waals surface area contributed by atoms with Gasteiger partial charge in [0, 0.05) is 11.8 Å². The second-order valence-corrected chi connectivity index (χ2v) is 3.73. The van der Waals surface area contributed by atoms with E-state index in [1.54, 1.807) is 13.3 Å². The normalized spacial score (nSPS) is 10.8. The predicted octanol–water partition coefficient (Wildman–Crippen LogP) is 1.51. The quantitative estimate of drug-likeness (QED) is 0.345. The number of rotatable bonds is 5. The fourth-order valence-electron chi connectivity index (χ4n) is 1.83. The van der Waals surface area contributed by atoms with Crippen molar-refractivity contribution in [2.24, 2.45) is 0 Å². The summed E-state index contributed by atoms with van der Waals surface area (Å²) in [5.41, 5.74) is 2.19. The van der Waals surface area contributed by atoms with Crippen LogP contribution >= 0.6 is 0 Å². The van der Waals surface area contributed by atoms with Gasteiger partial charge < -0.3 is 4.74 Å². The number of aromatic nitrogens is 1. The zero-order valence-corrected chi connectivity index (χ0v) is 10.5. The van der Waals surface area contributed by atoms with E-state index in [-0.39, 0.29) is 6.61 Å². The molecule has 0 amide bonds. The average molecular weight is 243 g/mol. The number of benzene rings is 1. The predicted molar refractivity (Wildman–Crippen MR) is 70.1 cm³/mol. The Labute approximate surface area is 107 Å². The van der Waals surface area contributed by atoms with E-state index in [0.29, 0.717) is 17.8 Å². The number of hydrogen-bond donors (Lipinski definition) is 0. The molecule has 0 fully saturated rings. The number of nitrogens with zero attached hydrogens (tertiary/aromatic N) is 1. The molecule has 0 aliphatic heterocycles. The van der Waals surface area contributed by atoms with E-state index in [1.165, 1.54) is 0 Å². The second-order valence-electron chi connectivity index (χ2n) is 3.73. The standard InChI is InChI=1S/C13H14BNO3/c1-3-17-18-8-9-7-11(14)10-5-4-6-15-12(10)13(9)16-2/h4-7H,3,8H2,1-2H3. The van der Waals surface area contributed by atoms with E-state index < -0.39 is 0 Å². The molecule has 0 atom stereocenters. The third-order valence-corrected chi connectivity index (χ3v) is 2.57. The van der Waals surface area contributed by atoms with Gasteiger partial charge in [-0.05, 0) is 18.4 Å². The zero-order valence-electron chi connectivity index (χ0n) is 10.5. The van der Waals surface area contributed by atoms with E-state index in [0.717, 1.165) is 16.5 Å². The van der Waals surface area contributed by atoms with Gasteiger partial charge >= 0.3 is 0 Å². The highest BCUT2D eigenvalue weighted by Crippen LogP contribution is 2.27. The molecule has 0 unspecified atom stereocenters. The van der Waals surface area contributed by atoms with Crippen LogP contribution in [0.4, 0.5) is 0 Å². The molecule has 0 saturated heterocycles. The first-order valence-corrected chi connectivity index (χ1v) is 5.72. The molecule has 0 aliphatic carbocycles. The molecule has 0 spiro atoms. The highest BCUT2D eigenvalue weighted by Gasteiger charge is 2.11. The Balaban J connectivity index is 2.46. The van der Waals surface area contributed by atoms with Crippen LogP contribution in [0.15, 0.2) is 24.4 Å². The van der Waals surface area contributed by atoms with Crippen molar-refractivity contribution in [2.75, 3.05) is 13.7 Å². The van der Waals surface area contributed by atoms with Crippen LogP contribution in [0.25, 0.3) is 10.9 Å². The Kier molecular flexibility index (Phi) is 4.17. The maximum absolute atomic E-state index is 5.99. The van der Waals surface area contributed by atoms with Crippen LogP contribution in [0.2, 0.25) is 0 Å². The topological polar surface area (TPSA) is 40.6 Å². The average Bonchev–Trinajstić information content (AvgIpc) is 2.39. The van der Waals surface area contributed by atoms with Crippen LogP contribution < -0.4 is 10.2 Å². The third-order valence-electron chi connectivity index (χ3n) is 2.57. The second kappa shape index (κ2) is 5.84. The van der Waals surface area contributed by atoms with Gasteiger partial charge in [-0.15, -0.1) is 0 Å². The lowest BCUT2D eigenvalue weighted by molar-refractivity contribution is -0.300. The number of pyridine rings is 1. The minimum atomic E-state index is 0.272. The van der Waals surface area contributed by atoms with Gasteiger partial charge in [0.15, 0.2) is 5.75 Å².